The second-order valence-electron chi connectivity index (χ2n) is 4.90. The number of halogens is 4. The standard InChI is InChI=1S/C15H11Cl2F2NO3S/c16-11-2-1-3-12(17)10(11)7-24(22,23)8-15(21)20-14-5-4-9(18)6-13(14)19/h1-6H,7-8H2,(H,20,21). The third-order valence-electron chi connectivity index (χ3n) is 2.98. The number of carbonyl (C=O) groups is 1. The molecule has 0 aliphatic rings. The molecule has 0 saturated heterocycles. The molecule has 1 amide bonds. The molecule has 0 spiro atoms. The maximum atomic E-state index is 13.5. The van der Waals surface area contributed by atoms with Gasteiger partial charge in [0.2, 0.25) is 5.91 Å². The van der Waals surface area contributed by atoms with E-state index in [1.54, 1.807) is 6.07 Å². The zero-order chi connectivity index (χ0) is 17.9. The zero-order valence-corrected chi connectivity index (χ0v) is 14.4. The van der Waals surface area contributed by atoms with Gasteiger partial charge in [-0.2, -0.15) is 0 Å². The van der Waals surface area contributed by atoms with Gasteiger partial charge in [-0.15, -0.1) is 0 Å². The molecule has 1 N–H and O–H groups in total. The van der Waals surface area contributed by atoms with Crippen LogP contribution in [0.5, 0.6) is 0 Å². The van der Waals surface area contributed by atoms with Crippen molar-refractivity contribution in [3.05, 3.63) is 63.6 Å². The van der Waals surface area contributed by atoms with Crippen molar-refractivity contribution in [2.45, 2.75) is 5.75 Å². The van der Waals surface area contributed by atoms with Gasteiger partial charge >= 0.3 is 0 Å². The van der Waals surface area contributed by atoms with E-state index in [1.807, 2.05) is 0 Å². The summed E-state index contributed by atoms with van der Waals surface area (Å²) >= 11 is 11.8. The highest BCUT2D eigenvalue weighted by Crippen LogP contribution is 2.26. The Bertz CT molecular complexity index is 868. The number of hydrogen-bond acceptors (Lipinski definition) is 3. The maximum absolute atomic E-state index is 13.5. The van der Waals surface area contributed by atoms with Gasteiger partial charge in [-0.1, -0.05) is 29.3 Å². The van der Waals surface area contributed by atoms with Crippen molar-refractivity contribution in [3.63, 3.8) is 0 Å². The van der Waals surface area contributed by atoms with E-state index < -0.39 is 38.9 Å². The highest BCUT2D eigenvalue weighted by atomic mass is 35.5. The van der Waals surface area contributed by atoms with Crippen molar-refractivity contribution in [3.8, 4) is 0 Å². The van der Waals surface area contributed by atoms with E-state index in [2.05, 4.69) is 5.32 Å². The van der Waals surface area contributed by atoms with Gasteiger partial charge < -0.3 is 5.32 Å². The molecule has 0 atom stereocenters. The van der Waals surface area contributed by atoms with E-state index in [0.29, 0.717) is 6.07 Å². The van der Waals surface area contributed by atoms with Crippen LogP contribution in [-0.2, 0) is 20.4 Å². The molecule has 24 heavy (non-hydrogen) atoms. The van der Waals surface area contributed by atoms with Crippen LogP contribution >= 0.6 is 23.2 Å². The molecule has 0 aliphatic heterocycles. The number of carbonyl (C=O) groups excluding carboxylic acids is 1. The largest absolute Gasteiger partial charge is 0.323 e. The van der Waals surface area contributed by atoms with Gasteiger partial charge in [0.25, 0.3) is 0 Å². The van der Waals surface area contributed by atoms with Crippen LogP contribution in [0.25, 0.3) is 0 Å². The lowest BCUT2D eigenvalue weighted by molar-refractivity contribution is -0.113. The molecule has 0 aliphatic carbocycles. The fraction of sp³-hybridized carbons (Fsp3) is 0.133. The van der Waals surface area contributed by atoms with Gasteiger partial charge in [0.1, 0.15) is 17.4 Å². The van der Waals surface area contributed by atoms with Crippen LogP contribution in [0, 0.1) is 11.6 Å². The van der Waals surface area contributed by atoms with E-state index >= 15 is 0 Å². The number of amides is 1. The third kappa shape index (κ3) is 4.90. The van der Waals surface area contributed by atoms with Gasteiger partial charge in [-0.25, -0.2) is 17.2 Å². The topological polar surface area (TPSA) is 63.2 Å². The molecule has 0 aromatic heterocycles. The monoisotopic (exact) mass is 393 g/mol. The van der Waals surface area contributed by atoms with Crippen LogP contribution in [0.4, 0.5) is 14.5 Å². The second kappa shape index (κ2) is 7.46. The zero-order valence-electron chi connectivity index (χ0n) is 12.0. The summed E-state index contributed by atoms with van der Waals surface area (Å²) in [5, 5.41) is 2.41. The SMILES string of the molecule is O=C(CS(=O)(=O)Cc1c(Cl)cccc1Cl)Nc1ccc(F)cc1F. The Kier molecular flexibility index (Phi) is 5.79. The summed E-state index contributed by atoms with van der Waals surface area (Å²) in [5.74, 6) is -4.21. The van der Waals surface area contributed by atoms with E-state index in [1.165, 1.54) is 12.1 Å². The summed E-state index contributed by atoms with van der Waals surface area (Å²) < 4.78 is 50.5. The molecule has 2 aromatic carbocycles. The Labute approximate surface area is 147 Å². The normalized spacial score (nSPS) is 11.3. The molecule has 0 fully saturated rings. The Morgan fingerprint density at radius 1 is 1.08 bits per heavy atom. The molecule has 2 rings (SSSR count). The quantitative estimate of drug-likeness (QED) is 0.839. The van der Waals surface area contributed by atoms with Gasteiger partial charge in [0.15, 0.2) is 9.84 Å². The molecule has 0 saturated carbocycles. The van der Waals surface area contributed by atoms with Crippen molar-refractivity contribution in [1.82, 2.24) is 0 Å². The van der Waals surface area contributed by atoms with E-state index in [-0.39, 0.29) is 21.3 Å². The molecule has 0 heterocycles. The fourth-order valence-corrected chi connectivity index (χ4v) is 3.93. The Morgan fingerprint density at radius 3 is 2.29 bits per heavy atom. The minimum Gasteiger partial charge on any atom is -0.323 e. The van der Waals surface area contributed by atoms with Crippen LogP contribution in [0.15, 0.2) is 36.4 Å². The first-order valence-corrected chi connectivity index (χ1v) is 9.14. The Hall–Kier alpha value is -1.70. The predicted molar refractivity (Wildman–Crippen MR) is 88.9 cm³/mol. The summed E-state index contributed by atoms with van der Waals surface area (Å²) in [6, 6.07) is 7.04. The summed E-state index contributed by atoms with van der Waals surface area (Å²) in [7, 11) is -3.90. The van der Waals surface area contributed by atoms with Crippen molar-refractivity contribution in [2.75, 3.05) is 11.1 Å². The molecule has 0 bridgehead atoms. The van der Waals surface area contributed by atoms with Crippen LogP contribution in [0.3, 0.4) is 0 Å². The van der Waals surface area contributed by atoms with Crippen LogP contribution in [-0.4, -0.2) is 20.1 Å². The highest BCUT2D eigenvalue weighted by Gasteiger charge is 2.21. The first kappa shape index (κ1) is 18.6. The maximum Gasteiger partial charge on any atom is 0.239 e. The average Bonchev–Trinajstić information content (AvgIpc) is 2.45. The van der Waals surface area contributed by atoms with E-state index in [9.17, 15) is 22.0 Å². The summed E-state index contributed by atoms with van der Waals surface area (Å²) in [6.45, 7) is 0. The summed E-state index contributed by atoms with van der Waals surface area (Å²) in [4.78, 5) is 11.8. The van der Waals surface area contributed by atoms with Crippen molar-refractivity contribution < 1.29 is 22.0 Å². The number of anilines is 1. The van der Waals surface area contributed by atoms with Crippen LogP contribution < -0.4 is 5.32 Å². The summed E-state index contributed by atoms with van der Waals surface area (Å²) in [5.41, 5.74) is -0.131. The van der Waals surface area contributed by atoms with Crippen molar-refractivity contribution in [1.29, 1.82) is 0 Å². The number of sulfone groups is 1. The van der Waals surface area contributed by atoms with Crippen LogP contribution in [0.1, 0.15) is 5.56 Å². The molecular weight excluding hydrogens is 383 g/mol. The van der Waals surface area contributed by atoms with Gasteiger partial charge in [-0.3, -0.25) is 4.79 Å². The second-order valence-corrected chi connectivity index (χ2v) is 7.78. The molecule has 9 heteroatoms. The third-order valence-corrected chi connectivity index (χ3v) is 5.12. The number of hydrogen-bond donors (Lipinski definition) is 1. The van der Waals surface area contributed by atoms with Gasteiger partial charge in [-0.05, 0) is 24.3 Å². The predicted octanol–water partition coefficient (Wildman–Crippen LogP) is 3.83. The van der Waals surface area contributed by atoms with E-state index in [4.69, 9.17) is 23.2 Å². The first-order chi connectivity index (χ1) is 11.2. The minimum absolute atomic E-state index is 0.163. The Morgan fingerprint density at radius 2 is 1.71 bits per heavy atom. The van der Waals surface area contributed by atoms with Crippen LogP contribution in [0.2, 0.25) is 10.0 Å². The number of rotatable bonds is 5. The smallest absolute Gasteiger partial charge is 0.239 e. The molecule has 4 nitrogen and oxygen atoms in total. The fourth-order valence-electron chi connectivity index (χ4n) is 1.92. The van der Waals surface area contributed by atoms with Gasteiger partial charge in [0.05, 0.1) is 11.4 Å². The average molecular weight is 394 g/mol. The van der Waals surface area contributed by atoms with Crippen molar-refractivity contribution in [2.24, 2.45) is 0 Å². The highest BCUT2D eigenvalue weighted by molar-refractivity contribution is 7.91. The molecule has 0 unspecified atom stereocenters. The van der Waals surface area contributed by atoms with Gasteiger partial charge in [0, 0.05) is 21.7 Å². The van der Waals surface area contributed by atoms with Crippen molar-refractivity contribution >= 4 is 44.6 Å². The minimum atomic E-state index is -3.90. The molecule has 128 valence electrons. The Balaban J connectivity index is 2.10. The lowest BCUT2D eigenvalue weighted by Crippen LogP contribution is -2.24. The lowest BCUT2D eigenvalue weighted by Gasteiger charge is -2.09. The molecular formula is C15H11Cl2F2NO3S. The number of benzene rings is 2. The number of nitrogens with one attached hydrogen (secondary N) is 1. The lowest BCUT2D eigenvalue weighted by atomic mass is 10.2. The summed E-state index contributed by atoms with van der Waals surface area (Å²) in [6.07, 6.45) is 0. The van der Waals surface area contributed by atoms with E-state index in [0.717, 1.165) is 12.1 Å². The molecule has 0 radical (unpaired) electrons. The molecule has 2 aromatic rings. The first-order valence-electron chi connectivity index (χ1n) is 6.56.